The van der Waals surface area contributed by atoms with Crippen molar-refractivity contribution in [2.45, 2.75) is 58.6 Å². The second kappa shape index (κ2) is 5.48. The Labute approximate surface area is 112 Å². The number of hydroxylamine groups is 2. The molecule has 1 aliphatic heterocycles. The van der Waals surface area contributed by atoms with Crippen molar-refractivity contribution in [3.63, 3.8) is 0 Å². The van der Waals surface area contributed by atoms with Crippen LogP contribution in [0.15, 0.2) is 0 Å². The van der Waals surface area contributed by atoms with Gasteiger partial charge in [0.05, 0.1) is 0 Å². The molecule has 0 aromatic heterocycles. The van der Waals surface area contributed by atoms with Gasteiger partial charge in [-0.3, -0.25) is 9.74 Å². The summed E-state index contributed by atoms with van der Waals surface area (Å²) in [4.78, 5) is 8.29. The molecule has 0 aromatic carbocycles. The molecule has 1 aliphatic carbocycles. The van der Waals surface area contributed by atoms with Crippen LogP contribution in [0.5, 0.6) is 0 Å². The molecule has 3 nitrogen and oxygen atoms in total. The molecule has 0 bridgehead atoms. The molecule has 1 saturated heterocycles. The lowest BCUT2D eigenvalue weighted by atomic mass is 9.71. The molecule has 2 rings (SSSR count). The molecule has 0 N–H and O–H groups in total. The van der Waals surface area contributed by atoms with E-state index in [0.717, 1.165) is 25.0 Å². The molecule has 0 amide bonds. The molecular formula is C15H30N2O. The molecule has 2 aliphatic rings. The average Bonchev–Trinajstić information content (AvgIpc) is 2.21. The Morgan fingerprint density at radius 3 is 2.00 bits per heavy atom. The monoisotopic (exact) mass is 254 g/mol. The van der Waals surface area contributed by atoms with Gasteiger partial charge in [-0.15, -0.1) is 0 Å². The standard InChI is InChI=1S/C15H30N2O/c1-15(2,3)12-6-8-13(9-7-12)17-10-14(11-17)18-16(4)5/h12-14H,6-11H2,1-5H3. The second-order valence-corrected chi connectivity index (χ2v) is 7.37. The Kier molecular flexibility index (Phi) is 4.35. The van der Waals surface area contributed by atoms with Crippen molar-refractivity contribution < 1.29 is 4.84 Å². The minimum Gasteiger partial charge on any atom is -0.295 e. The lowest BCUT2D eigenvalue weighted by molar-refractivity contribution is -0.211. The Morgan fingerprint density at radius 1 is 1.00 bits per heavy atom. The van der Waals surface area contributed by atoms with E-state index in [-0.39, 0.29) is 0 Å². The van der Waals surface area contributed by atoms with Gasteiger partial charge in [0.15, 0.2) is 0 Å². The van der Waals surface area contributed by atoms with Crippen molar-refractivity contribution in [1.82, 2.24) is 9.96 Å². The van der Waals surface area contributed by atoms with Gasteiger partial charge in [-0.05, 0) is 37.0 Å². The molecule has 1 saturated carbocycles. The largest absolute Gasteiger partial charge is 0.295 e. The van der Waals surface area contributed by atoms with E-state index in [1.165, 1.54) is 25.7 Å². The van der Waals surface area contributed by atoms with E-state index in [4.69, 9.17) is 4.84 Å². The van der Waals surface area contributed by atoms with Crippen molar-refractivity contribution in [2.24, 2.45) is 11.3 Å². The van der Waals surface area contributed by atoms with Crippen LogP contribution >= 0.6 is 0 Å². The van der Waals surface area contributed by atoms with Crippen LogP contribution in [-0.2, 0) is 4.84 Å². The van der Waals surface area contributed by atoms with Crippen LogP contribution in [0.3, 0.4) is 0 Å². The van der Waals surface area contributed by atoms with Crippen LogP contribution in [-0.4, -0.2) is 49.3 Å². The first-order valence-electron chi connectivity index (χ1n) is 7.44. The van der Waals surface area contributed by atoms with E-state index in [1.807, 2.05) is 19.2 Å². The Morgan fingerprint density at radius 2 is 1.56 bits per heavy atom. The summed E-state index contributed by atoms with van der Waals surface area (Å²) >= 11 is 0. The van der Waals surface area contributed by atoms with Gasteiger partial charge in [0.25, 0.3) is 0 Å². The van der Waals surface area contributed by atoms with Gasteiger partial charge in [0.1, 0.15) is 6.10 Å². The zero-order valence-corrected chi connectivity index (χ0v) is 12.8. The molecule has 0 aromatic rings. The van der Waals surface area contributed by atoms with Crippen LogP contribution in [0, 0.1) is 11.3 Å². The predicted molar refractivity (Wildman–Crippen MR) is 75.3 cm³/mol. The Balaban J connectivity index is 1.69. The first kappa shape index (κ1) is 14.3. The second-order valence-electron chi connectivity index (χ2n) is 7.37. The summed E-state index contributed by atoms with van der Waals surface area (Å²) in [5.74, 6) is 0.920. The Bertz CT molecular complexity index is 258. The first-order valence-corrected chi connectivity index (χ1v) is 7.44. The van der Waals surface area contributed by atoms with E-state index in [2.05, 4.69) is 25.7 Å². The number of hydrogen-bond acceptors (Lipinski definition) is 3. The molecule has 106 valence electrons. The van der Waals surface area contributed by atoms with Crippen LogP contribution in [0.2, 0.25) is 0 Å². The van der Waals surface area contributed by atoms with Gasteiger partial charge in [-0.25, -0.2) is 0 Å². The number of hydrogen-bond donors (Lipinski definition) is 0. The van der Waals surface area contributed by atoms with Gasteiger partial charge in [-0.2, -0.15) is 5.06 Å². The third-order valence-corrected chi connectivity index (χ3v) is 4.67. The molecular weight excluding hydrogens is 224 g/mol. The predicted octanol–water partition coefficient (Wildman–Crippen LogP) is 2.77. The van der Waals surface area contributed by atoms with E-state index >= 15 is 0 Å². The SMILES string of the molecule is CN(C)OC1CN(C2CCC(C(C)(C)C)CC2)C1. The number of likely N-dealkylation sites (tertiary alicyclic amines) is 1. The van der Waals surface area contributed by atoms with Gasteiger partial charge in [-0.1, -0.05) is 20.8 Å². The van der Waals surface area contributed by atoms with Crippen molar-refractivity contribution >= 4 is 0 Å². The molecule has 2 fully saturated rings. The van der Waals surface area contributed by atoms with E-state index in [0.29, 0.717) is 11.5 Å². The molecule has 3 heteroatoms. The summed E-state index contributed by atoms with van der Waals surface area (Å²) < 4.78 is 0. The van der Waals surface area contributed by atoms with Crippen LogP contribution in [0.1, 0.15) is 46.5 Å². The third-order valence-electron chi connectivity index (χ3n) is 4.67. The summed E-state index contributed by atoms with van der Waals surface area (Å²) in [5, 5.41) is 1.83. The van der Waals surface area contributed by atoms with Crippen molar-refractivity contribution in [3.8, 4) is 0 Å². The zero-order chi connectivity index (χ0) is 13.3. The highest BCUT2D eigenvalue weighted by atomic mass is 16.7. The van der Waals surface area contributed by atoms with E-state index in [9.17, 15) is 0 Å². The van der Waals surface area contributed by atoms with Gasteiger partial charge in [0.2, 0.25) is 0 Å². The summed E-state index contributed by atoms with van der Waals surface area (Å²) in [6, 6.07) is 0.825. The molecule has 0 radical (unpaired) electrons. The van der Waals surface area contributed by atoms with Crippen LogP contribution < -0.4 is 0 Å². The molecule has 0 atom stereocenters. The molecule has 1 heterocycles. The van der Waals surface area contributed by atoms with E-state index < -0.39 is 0 Å². The minimum atomic E-state index is 0.431. The minimum absolute atomic E-state index is 0.431. The summed E-state index contributed by atoms with van der Waals surface area (Å²) in [6.45, 7) is 9.43. The average molecular weight is 254 g/mol. The maximum absolute atomic E-state index is 5.67. The first-order chi connectivity index (χ1) is 8.36. The number of nitrogens with zero attached hydrogens (tertiary/aromatic N) is 2. The highest BCUT2D eigenvalue weighted by Crippen LogP contribution is 2.39. The maximum atomic E-state index is 5.67. The molecule has 18 heavy (non-hydrogen) atoms. The fourth-order valence-corrected chi connectivity index (χ4v) is 3.44. The summed E-state index contributed by atoms with van der Waals surface area (Å²) in [6.07, 6.45) is 6.02. The Hall–Kier alpha value is -0.120. The van der Waals surface area contributed by atoms with Crippen molar-refractivity contribution in [2.75, 3.05) is 27.2 Å². The van der Waals surface area contributed by atoms with Gasteiger partial charge < -0.3 is 0 Å². The highest BCUT2D eigenvalue weighted by molar-refractivity contribution is 4.90. The lowest BCUT2D eigenvalue weighted by Crippen LogP contribution is -2.58. The van der Waals surface area contributed by atoms with Crippen molar-refractivity contribution in [3.05, 3.63) is 0 Å². The maximum Gasteiger partial charge on any atom is 0.105 e. The lowest BCUT2D eigenvalue weighted by Gasteiger charge is -2.47. The smallest absolute Gasteiger partial charge is 0.105 e. The summed E-state index contributed by atoms with van der Waals surface area (Å²) in [5.41, 5.74) is 0.497. The van der Waals surface area contributed by atoms with Gasteiger partial charge >= 0.3 is 0 Å². The molecule has 0 spiro atoms. The fraction of sp³-hybridized carbons (Fsp3) is 1.00. The number of rotatable bonds is 3. The van der Waals surface area contributed by atoms with Crippen LogP contribution in [0.25, 0.3) is 0 Å². The third kappa shape index (κ3) is 3.46. The van der Waals surface area contributed by atoms with Crippen LogP contribution in [0.4, 0.5) is 0 Å². The van der Waals surface area contributed by atoms with E-state index in [1.54, 1.807) is 0 Å². The fourth-order valence-electron chi connectivity index (χ4n) is 3.44. The normalized spacial score (nSPS) is 31.7. The quantitative estimate of drug-likeness (QED) is 0.720. The van der Waals surface area contributed by atoms with Gasteiger partial charge in [0, 0.05) is 33.2 Å². The highest BCUT2D eigenvalue weighted by Gasteiger charge is 2.37. The molecule has 0 unspecified atom stereocenters. The summed E-state index contributed by atoms with van der Waals surface area (Å²) in [7, 11) is 3.94. The van der Waals surface area contributed by atoms with Crippen molar-refractivity contribution in [1.29, 1.82) is 0 Å². The topological polar surface area (TPSA) is 15.7 Å². The zero-order valence-electron chi connectivity index (χ0n) is 12.8.